The fourth-order valence-electron chi connectivity index (χ4n) is 2.76. The molecule has 7 nitrogen and oxygen atoms in total. The largest absolute Gasteiger partial charge is 0.349 e. The van der Waals surface area contributed by atoms with Crippen LogP contribution < -0.4 is 10.9 Å². The van der Waals surface area contributed by atoms with Gasteiger partial charge in [-0.1, -0.05) is 42.5 Å². The number of hydrogen-bond acceptors (Lipinski definition) is 4. The van der Waals surface area contributed by atoms with E-state index >= 15 is 0 Å². The highest BCUT2D eigenvalue weighted by molar-refractivity contribution is 5.93. The summed E-state index contributed by atoms with van der Waals surface area (Å²) in [4.78, 5) is 44.7. The minimum absolute atomic E-state index is 0.0241. The smallest absolute Gasteiger partial charge is 0.287 e. The number of nitrogens with one attached hydrogen (secondary N) is 2. The summed E-state index contributed by atoms with van der Waals surface area (Å²) in [6, 6.07) is 16.4. The van der Waals surface area contributed by atoms with Gasteiger partial charge in [-0.3, -0.25) is 14.4 Å². The number of fused-ring (bicyclic) bond motifs is 1. The first-order valence-corrected chi connectivity index (χ1v) is 9.30. The van der Waals surface area contributed by atoms with E-state index in [0.717, 1.165) is 5.56 Å². The quantitative estimate of drug-likeness (QED) is 0.478. The third-order valence-electron chi connectivity index (χ3n) is 4.38. The first kappa shape index (κ1) is 20.0. The van der Waals surface area contributed by atoms with Gasteiger partial charge in [0, 0.05) is 26.2 Å². The topological polar surface area (TPSA) is 95.2 Å². The molecule has 0 bridgehead atoms. The molecule has 0 saturated heterocycles. The molecule has 148 valence electrons. The summed E-state index contributed by atoms with van der Waals surface area (Å²) in [5.74, 6) is -0.588. The average Bonchev–Trinajstić information content (AvgIpc) is 2.75. The van der Waals surface area contributed by atoms with Gasteiger partial charge in [0.15, 0.2) is 5.82 Å². The predicted molar refractivity (Wildman–Crippen MR) is 112 cm³/mol. The number of rotatable bonds is 7. The Hall–Kier alpha value is -3.74. The molecule has 0 aliphatic heterocycles. The second-order valence-electron chi connectivity index (χ2n) is 6.54. The highest BCUT2D eigenvalue weighted by Gasteiger charge is 2.11. The van der Waals surface area contributed by atoms with E-state index in [4.69, 9.17) is 0 Å². The van der Waals surface area contributed by atoms with E-state index in [1.165, 1.54) is 6.08 Å². The van der Waals surface area contributed by atoms with Crippen LogP contribution in [0.5, 0.6) is 0 Å². The Kier molecular flexibility index (Phi) is 6.52. The fraction of sp³-hybridized carbons (Fsp3) is 0.182. The maximum atomic E-state index is 12.2. The Bertz CT molecular complexity index is 1090. The number of likely N-dealkylation sites (N-methyl/N-ethyl adjacent to an activating group) is 1. The van der Waals surface area contributed by atoms with Crippen LogP contribution in [0, 0.1) is 0 Å². The van der Waals surface area contributed by atoms with Gasteiger partial charge in [0.25, 0.3) is 11.5 Å². The minimum Gasteiger partial charge on any atom is -0.349 e. The summed E-state index contributed by atoms with van der Waals surface area (Å²) >= 11 is 0. The van der Waals surface area contributed by atoms with Crippen LogP contribution in [0.1, 0.15) is 22.6 Å². The lowest BCUT2D eigenvalue weighted by Gasteiger charge is -2.15. The lowest BCUT2D eigenvalue weighted by atomic mass is 10.2. The summed E-state index contributed by atoms with van der Waals surface area (Å²) < 4.78 is 0. The number of carbonyl (C=O) groups excluding carboxylic acids is 2. The zero-order valence-electron chi connectivity index (χ0n) is 16.1. The van der Waals surface area contributed by atoms with Gasteiger partial charge in [-0.25, -0.2) is 4.98 Å². The van der Waals surface area contributed by atoms with Crippen molar-refractivity contribution in [3.63, 3.8) is 0 Å². The van der Waals surface area contributed by atoms with Crippen LogP contribution in [-0.4, -0.2) is 46.8 Å². The molecule has 1 aromatic heterocycles. The third-order valence-corrected chi connectivity index (χ3v) is 4.38. The molecule has 0 radical (unpaired) electrons. The summed E-state index contributed by atoms with van der Waals surface area (Å²) in [7, 11) is 1.71. The molecular formula is C22H22N4O3. The third kappa shape index (κ3) is 5.38. The fourth-order valence-corrected chi connectivity index (χ4v) is 2.76. The molecule has 2 amide bonds. The Balaban J connectivity index is 1.47. The van der Waals surface area contributed by atoms with Crippen molar-refractivity contribution in [3.8, 4) is 0 Å². The van der Waals surface area contributed by atoms with Crippen LogP contribution in [0.2, 0.25) is 0 Å². The molecule has 3 rings (SSSR count). The van der Waals surface area contributed by atoms with E-state index in [1.807, 2.05) is 30.3 Å². The lowest BCUT2D eigenvalue weighted by Crippen LogP contribution is -2.32. The van der Waals surface area contributed by atoms with Gasteiger partial charge in [0.2, 0.25) is 5.91 Å². The van der Waals surface area contributed by atoms with Crippen LogP contribution in [0.4, 0.5) is 0 Å². The summed E-state index contributed by atoms with van der Waals surface area (Å²) in [5, 5.41) is 3.15. The van der Waals surface area contributed by atoms with E-state index in [0.29, 0.717) is 30.4 Å². The highest BCUT2D eigenvalue weighted by Crippen LogP contribution is 2.05. The van der Waals surface area contributed by atoms with Gasteiger partial charge in [-0.05, 0) is 30.2 Å². The number of para-hydroxylation sites is 1. The molecule has 0 fully saturated rings. The Morgan fingerprint density at radius 3 is 2.62 bits per heavy atom. The molecule has 1 heterocycles. The van der Waals surface area contributed by atoms with Gasteiger partial charge in [0.1, 0.15) is 0 Å². The number of aromatic nitrogens is 2. The molecule has 2 aromatic carbocycles. The molecule has 0 unspecified atom stereocenters. The van der Waals surface area contributed by atoms with Crippen molar-refractivity contribution in [2.45, 2.75) is 6.42 Å². The molecule has 7 heteroatoms. The monoisotopic (exact) mass is 390 g/mol. The van der Waals surface area contributed by atoms with Crippen molar-refractivity contribution < 1.29 is 9.59 Å². The SMILES string of the molecule is CN(CCCNC(=O)c1nc2ccccc2c(=O)[nH]1)C(=O)/C=C/c1ccccc1. The number of amides is 2. The van der Waals surface area contributed by atoms with Crippen LogP contribution in [-0.2, 0) is 4.79 Å². The van der Waals surface area contributed by atoms with Gasteiger partial charge in [-0.2, -0.15) is 0 Å². The van der Waals surface area contributed by atoms with Crippen LogP contribution in [0.15, 0.2) is 65.5 Å². The molecule has 3 aromatic rings. The van der Waals surface area contributed by atoms with Gasteiger partial charge in [-0.15, -0.1) is 0 Å². The highest BCUT2D eigenvalue weighted by atomic mass is 16.2. The van der Waals surface area contributed by atoms with E-state index in [2.05, 4.69) is 15.3 Å². The second-order valence-corrected chi connectivity index (χ2v) is 6.54. The van der Waals surface area contributed by atoms with Gasteiger partial charge < -0.3 is 15.2 Å². The number of aromatic amines is 1. The number of benzene rings is 2. The van der Waals surface area contributed by atoms with E-state index in [9.17, 15) is 14.4 Å². The summed E-state index contributed by atoms with van der Waals surface area (Å²) in [6.07, 6.45) is 3.87. The van der Waals surface area contributed by atoms with Gasteiger partial charge in [0.05, 0.1) is 10.9 Å². The zero-order chi connectivity index (χ0) is 20.6. The second kappa shape index (κ2) is 9.45. The number of nitrogens with zero attached hydrogens (tertiary/aromatic N) is 2. The van der Waals surface area contributed by atoms with Crippen LogP contribution in [0.3, 0.4) is 0 Å². The molecule has 0 atom stereocenters. The standard InChI is InChI=1S/C22H22N4O3/c1-26(19(27)13-12-16-8-3-2-4-9-16)15-7-14-23-22(29)20-24-18-11-6-5-10-17(18)21(28)25-20/h2-6,8-13H,7,14-15H2,1H3,(H,23,29)(H,24,25,28)/b13-12+. The van der Waals surface area contributed by atoms with E-state index in [-0.39, 0.29) is 17.3 Å². The first-order chi connectivity index (χ1) is 14.0. The van der Waals surface area contributed by atoms with E-state index in [1.54, 1.807) is 42.3 Å². The Labute approximate surface area is 168 Å². The number of carbonyl (C=O) groups is 2. The molecule has 0 aliphatic carbocycles. The lowest BCUT2D eigenvalue weighted by molar-refractivity contribution is -0.124. The predicted octanol–water partition coefficient (Wildman–Crippen LogP) is 2.21. The maximum absolute atomic E-state index is 12.2. The molecule has 29 heavy (non-hydrogen) atoms. The first-order valence-electron chi connectivity index (χ1n) is 9.30. The Morgan fingerprint density at radius 1 is 1.10 bits per heavy atom. The molecular weight excluding hydrogens is 368 g/mol. The molecule has 0 spiro atoms. The Morgan fingerprint density at radius 2 is 1.83 bits per heavy atom. The molecule has 0 aliphatic rings. The van der Waals surface area contributed by atoms with Crippen molar-refractivity contribution in [1.82, 2.24) is 20.2 Å². The van der Waals surface area contributed by atoms with Crippen molar-refractivity contribution in [1.29, 1.82) is 0 Å². The average molecular weight is 390 g/mol. The molecule has 2 N–H and O–H groups in total. The van der Waals surface area contributed by atoms with Crippen molar-refractivity contribution in [2.24, 2.45) is 0 Å². The van der Waals surface area contributed by atoms with Crippen molar-refractivity contribution in [3.05, 3.63) is 82.4 Å². The van der Waals surface area contributed by atoms with Gasteiger partial charge >= 0.3 is 0 Å². The normalized spacial score (nSPS) is 10.9. The molecule has 0 saturated carbocycles. The minimum atomic E-state index is -0.453. The van der Waals surface area contributed by atoms with Crippen LogP contribution in [0.25, 0.3) is 17.0 Å². The summed E-state index contributed by atoms with van der Waals surface area (Å²) in [5.41, 5.74) is 1.08. The zero-order valence-corrected chi connectivity index (χ0v) is 16.1. The number of hydrogen-bond donors (Lipinski definition) is 2. The van der Waals surface area contributed by atoms with Crippen LogP contribution >= 0.6 is 0 Å². The van der Waals surface area contributed by atoms with Crippen molar-refractivity contribution in [2.75, 3.05) is 20.1 Å². The maximum Gasteiger partial charge on any atom is 0.287 e. The number of H-pyrrole nitrogens is 1. The summed E-state index contributed by atoms with van der Waals surface area (Å²) in [6.45, 7) is 0.843. The van der Waals surface area contributed by atoms with E-state index < -0.39 is 5.91 Å². The van der Waals surface area contributed by atoms with Crippen molar-refractivity contribution >= 4 is 28.8 Å².